The maximum atomic E-state index is 5.62. The zero-order valence-electron chi connectivity index (χ0n) is 16.0. The van der Waals surface area contributed by atoms with E-state index < -0.39 is 0 Å². The predicted octanol–water partition coefficient (Wildman–Crippen LogP) is 4.74. The Balaban J connectivity index is 2.12. The first-order valence-electron chi connectivity index (χ1n) is 8.56. The molecule has 3 aromatic carbocycles. The Morgan fingerprint density at radius 2 is 1.36 bits per heavy atom. The molecule has 0 aliphatic rings. The van der Waals surface area contributed by atoms with Crippen LogP contribution in [-0.4, -0.2) is 33.4 Å². The highest BCUT2D eigenvalue weighted by atomic mass is 31.0. The molecular formula is C21H20NO5P. The SMILES string of the molecule is COc1cc2cc3c(ccc4c(OC)c(OC)c(OP)cc43)nc2cc1OC. The van der Waals surface area contributed by atoms with E-state index in [2.05, 4.69) is 15.5 Å². The Bertz CT molecular complexity index is 1210. The minimum absolute atomic E-state index is 0.546. The molecule has 1 heterocycles. The van der Waals surface area contributed by atoms with Gasteiger partial charge in [-0.3, -0.25) is 0 Å². The van der Waals surface area contributed by atoms with Crippen molar-refractivity contribution in [3.63, 3.8) is 0 Å². The molecule has 1 aromatic heterocycles. The van der Waals surface area contributed by atoms with Crippen LogP contribution in [0, 0.1) is 0 Å². The maximum Gasteiger partial charge on any atom is 0.204 e. The molecule has 0 saturated heterocycles. The zero-order chi connectivity index (χ0) is 19.8. The van der Waals surface area contributed by atoms with E-state index in [9.17, 15) is 0 Å². The molecule has 0 saturated carbocycles. The summed E-state index contributed by atoms with van der Waals surface area (Å²) in [6.45, 7) is 0. The van der Waals surface area contributed by atoms with Gasteiger partial charge in [0.2, 0.25) is 5.75 Å². The topological polar surface area (TPSA) is 59.0 Å². The molecular weight excluding hydrogens is 377 g/mol. The summed E-state index contributed by atoms with van der Waals surface area (Å²) in [4.78, 5) is 4.81. The molecule has 1 atom stereocenters. The van der Waals surface area contributed by atoms with Gasteiger partial charge >= 0.3 is 0 Å². The van der Waals surface area contributed by atoms with Gasteiger partial charge in [-0.25, -0.2) is 4.98 Å². The summed E-state index contributed by atoms with van der Waals surface area (Å²) in [7, 11) is 8.69. The van der Waals surface area contributed by atoms with Crippen molar-refractivity contribution in [3.8, 4) is 28.7 Å². The van der Waals surface area contributed by atoms with E-state index in [1.165, 1.54) is 0 Å². The molecule has 144 valence electrons. The summed E-state index contributed by atoms with van der Waals surface area (Å²) < 4.78 is 27.4. The number of hydrogen-bond donors (Lipinski definition) is 0. The van der Waals surface area contributed by atoms with Crippen molar-refractivity contribution < 1.29 is 23.5 Å². The largest absolute Gasteiger partial charge is 0.493 e. The second kappa shape index (κ2) is 7.21. The zero-order valence-corrected chi connectivity index (χ0v) is 17.2. The number of fused-ring (bicyclic) bond motifs is 4. The average molecular weight is 397 g/mol. The lowest BCUT2D eigenvalue weighted by Gasteiger charge is -2.16. The first-order chi connectivity index (χ1) is 13.6. The summed E-state index contributed by atoms with van der Waals surface area (Å²) >= 11 is 0. The van der Waals surface area contributed by atoms with E-state index in [1.807, 2.05) is 30.3 Å². The number of pyridine rings is 1. The van der Waals surface area contributed by atoms with Gasteiger partial charge in [0.15, 0.2) is 23.0 Å². The molecule has 1 unspecified atom stereocenters. The Morgan fingerprint density at radius 3 is 2.00 bits per heavy atom. The molecule has 0 bridgehead atoms. The van der Waals surface area contributed by atoms with Crippen molar-refractivity contribution in [2.24, 2.45) is 0 Å². The molecule has 7 heteroatoms. The normalized spacial score (nSPS) is 11.0. The minimum atomic E-state index is 0.546. The van der Waals surface area contributed by atoms with Gasteiger partial charge in [0, 0.05) is 22.2 Å². The smallest absolute Gasteiger partial charge is 0.204 e. The lowest BCUT2D eigenvalue weighted by atomic mass is 10.0. The Kier molecular flexibility index (Phi) is 4.73. The van der Waals surface area contributed by atoms with Crippen LogP contribution in [0.4, 0.5) is 0 Å². The third-order valence-electron chi connectivity index (χ3n) is 4.82. The summed E-state index contributed by atoms with van der Waals surface area (Å²) in [6.07, 6.45) is 0. The third-order valence-corrected chi connectivity index (χ3v) is 5.08. The molecule has 4 rings (SSSR count). The van der Waals surface area contributed by atoms with Crippen molar-refractivity contribution >= 4 is 42.0 Å². The molecule has 4 aromatic rings. The van der Waals surface area contributed by atoms with Crippen molar-refractivity contribution in [3.05, 3.63) is 36.4 Å². The van der Waals surface area contributed by atoms with Crippen LogP contribution in [0.2, 0.25) is 0 Å². The van der Waals surface area contributed by atoms with Gasteiger partial charge in [0.25, 0.3) is 0 Å². The van der Waals surface area contributed by atoms with Gasteiger partial charge in [0.1, 0.15) is 0 Å². The fourth-order valence-electron chi connectivity index (χ4n) is 3.52. The van der Waals surface area contributed by atoms with E-state index in [0.29, 0.717) is 28.7 Å². The number of methoxy groups -OCH3 is 4. The van der Waals surface area contributed by atoms with Crippen molar-refractivity contribution in [2.45, 2.75) is 0 Å². The molecule has 0 aliphatic heterocycles. The van der Waals surface area contributed by atoms with Crippen molar-refractivity contribution in [2.75, 3.05) is 28.4 Å². The fraction of sp³-hybridized carbons (Fsp3) is 0.190. The van der Waals surface area contributed by atoms with Gasteiger partial charge in [-0.1, -0.05) is 0 Å². The van der Waals surface area contributed by atoms with Crippen LogP contribution < -0.4 is 23.5 Å². The Morgan fingerprint density at radius 1 is 0.643 bits per heavy atom. The van der Waals surface area contributed by atoms with Crippen LogP contribution >= 0.6 is 9.47 Å². The van der Waals surface area contributed by atoms with E-state index in [0.717, 1.165) is 32.6 Å². The second-order valence-electron chi connectivity index (χ2n) is 6.17. The van der Waals surface area contributed by atoms with Crippen molar-refractivity contribution in [1.29, 1.82) is 0 Å². The summed E-state index contributed by atoms with van der Waals surface area (Å²) in [5.74, 6) is 3.03. The Hall–Kier alpha value is -2.98. The molecule has 0 spiro atoms. The minimum Gasteiger partial charge on any atom is -0.493 e. The number of aromatic nitrogens is 1. The summed E-state index contributed by atoms with van der Waals surface area (Å²) in [5.41, 5.74) is 1.68. The van der Waals surface area contributed by atoms with Gasteiger partial charge in [-0.2, -0.15) is 0 Å². The average Bonchev–Trinajstić information content (AvgIpc) is 2.74. The molecule has 0 aliphatic carbocycles. The maximum absolute atomic E-state index is 5.62. The number of benzene rings is 3. The quantitative estimate of drug-likeness (QED) is 0.275. The molecule has 0 fully saturated rings. The monoisotopic (exact) mass is 397 g/mol. The highest BCUT2D eigenvalue weighted by molar-refractivity contribution is 7.10. The van der Waals surface area contributed by atoms with E-state index in [1.54, 1.807) is 28.4 Å². The van der Waals surface area contributed by atoms with Crippen LogP contribution in [0.1, 0.15) is 0 Å². The number of ether oxygens (including phenoxy) is 4. The van der Waals surface area contributed by atoms with Crippen LogP contribution in [-0.2, 0) is 0 Å². The van der Waals surface area contributed by atoms with E-state index >= 15 is 0 Å². The molecule has 0 amide bonds. The summed E-state index contributed by atoms with van der Waals surface area (Å²) in [6, 6.07) is 11.8. The lowest BCUT2D eigenvalue weighted by molar-refractivity contribution is 0.350. The van der Waals surface area contributed by atoms with Gasteiger partial charge in [-0.05, 0) is 35.7 Å². The van der Waals surface area contributed by atoms with Crippen LogP contribution in [0.25, 0.3) is 32.6 Å². The summed E-state index contributed by atoms with van der Waals surface area (Å²) in [5, 5.41) is 3.79. The number of rotatable bonds is 5. The molecule has 28 heavy (non-hydrogen) atoms. The number of nitrogens with zero attached hydrogens (tertiary/aromatic N) is 1. The van der Waals surface area contributed by atoms with Crippen molar-refractivity contribution in [1.82, 2.24) is 4.98 Å². The van der Waals surface area contributed by atoms with Crippen LogP contribution in [0.15, 0.2) is 36.4 Å². The highest BCUT2D eigenvalue weighted by Gasteiger charge is 2.18. The lowest BCUT2D eigenvalue weighted by Crippen LogP contribution is -1.95. The first-order valence-corrected chi connectivity index (χ1v) is 9.03. The Labute approximate surface area is 164 Å². The van der Waals surface area contributed by atoms with E-state index in [-0.39, 0.29) is 0 Å². The molecule has 0 radical (unpaired) electrons. The van der Waals surface area contributed by atoms with Gasteiger partial charge in [-0.15, -0.1) is 0 Å². The predicted molar refractivity (Wildman–Crippen MR) is 113 cm³/mol. The van der Waals surface area contributed by atoms with Gasteiger partial charge in [0.05, 0.1) is 48.9 Å². The van der Waals surface area contributed by atoms with Crippen LogP contribution in [0.3, 0.4) is 0 Å². The molecule has 0 N–H and O–H groups in total. The fourth-order valence-corrected chi connectivity index (χ4v) is 3.70. The molecule has 6 nitrogen and oxygen atoms in total. The second-order valence-corrected chi connectivity index (χ2v) is 6.41. The number of hydrogen-bond acceptors (Lipinski definition) is 6. The first kappa shape index (κ1) is 18.4. The van der Waals surface area contributed by atoms with Crippen LogP contribution in [0.5, 0.6) is 28.7 Å². The van der Waals surface area contributed by atoms with E-state index in [4.69, 9.17) is 28.5 Å². The standard InChI is InChI=1S/C21H20NO5P/c1-23-17-8-11-7-14-13-9-19(27-28)21(26-4)20(25-3)12(13)5-6-15(14)22-16(11)10-18(17)24-2/h5-10H,28H2,1-4H3. The third kappa shape index (κ3) is 2.72. The highest BCUT2D eigenvalue weighted by Crippen LogP contribution is 2.46. The van der Waals surface area contributed by atoms with Gasteiger partial charge < -0.3 is 23.5 Å².